The molecule has 0 saturated carbocycles. The molecule has 0 amide bonds. The van der Waals surface area contributed by atoms with Gasteiger partial charge in [0.15, 0.2) is 10.8 Å². The maximum absolute atomic E-state index is 4.59. The zero-order valence-corrected chi connectivity index (χ0v) is 11.5. The quantitative estimate of drug-likeness (QED) is 0.568. The van der Waals surface area contributed by atoms with Crippen molar-refractivity contribution in [3.05, 3.63) is 29.1 Å². The summed E-state index contributed by atoms with van der Waals surface area (Å²) in [5.74, 6) is 0.779. The van der Waals surface area contributed by atoms with Gasteiger partial charge in [0.25, 0.3) is 0 Å². The van der Waals surface area contributed by atoms with Gasteiger partial charge in [-0.1, -0.05) is 11.3 Å². The minimum absolute atomic E-state index is 0.779. The highest BCUT2D eigenvalue weighted by Gasteiger charge is 2.15. The lowest BCUT2D eigenvalue weighted by molar-refractivity contribution is 0.772. The second kappa shape index (κ2) is 3.97. The van der Waals surface area contributed by atoms with Gasteiger partial charge in [-0.25, -0.2) is 0 Å². The third-order valence-electron chi connectivity index (χ3n) is 2.81. The van der Waals surface area contributed by atoms with Gasteiger partial charge >= 0.3 is 0 Å². The molecule has 4 aromatic rings. The van der Waals surface area contributed by atoms with E-state index in [0.29, 0.717) is 0 Å². The fourth-order valence-electron chi connectivity index (χ4n) is 1.88. The van der Waals surface area contributed by atoms with Crippen molar-refractivity contribution in [2.45, 2.75) is 0 Å². The van der Waals surface area contributed by atoms with E-state index in [0.717, 1.165) is 27.1 Å². The van der Waals surface area contributed by atoms with Gasteiger partial charge in [0.2, 0.25) is 4.96 Å². The molecule has 0 unspecified atom stereocenters. The minimum Gasteiger partial charge on any atom is -0.265 e. The number of aryl methyl sites for hydroxylation is 1. The lowest BCUT2D eigenvalue weighted by Gasteiger charge is -1.95. The van der Waals surface area contributed by atoms with Crippen LogP contribution in [0.1, 0.15) is 0 Å². The minimum atomic E-state index is 0.779. The van der Waals surface area contributed by atoms with Crippen molar-refractivity contribution in [2.75, 3.05) is 0 Å². The maximum atomic E-state index is 4.59. The average Bonchev–Trinajstić information content (AvgIpc) is 3.10. The molecular weight excluding hydrogens is 280 g/mol. The largest absolute Gasteiger partial charge is 0.265 e. The summed E-state index contributed by atoms with van der Waals surface area (Å²) >= 11 is 3.14. The van der Waals surface area contributed by atoms with Gasteiger partial charge < -0.3 is 0 Å². The van der Waals surface area contributed by atoms with Crippen LogP contribution in [0.15, 0.2) is 29.1 Å². The van der Waals surface area contributed by atoms with Crippen molar-refractivity contribution in [1.82, 2.24) is 29.6 Å². The highest BCUT2D eigenvalue weighted by molar-refractivity contribution is 7.19. The Bertz CT molecular complexity index is 838. The van der Waals surface area contributed by atoms with E-state index >= 15 is 0 Å². The zero-order chi connectivity index (χ0) is 12.8. The summed E-state index contributed by atoms with van der Waals surface area (Å²) in [6, 6.07) is 3.96. The van der Waals surface area contributed by atoms with E-state index in [4.69, 9.17) is 0 Å². The third kappa shape index (κ3) is 1.60. The van der Waals surface area contributed by atoms with Crippen LogP contribution in [0.2, 0.25) is 0 Å². The van der Waals surface area contributed by atoms with E-state index in [1.165, 1.54) is 11.3 Å². The molecule has 8 heteroatoms. The second-order valence-electron chi connectivity index (χ2n) is 3.98. The van der Waals surface area contributed by atoms with Crippen LogP contribution >= 0.6 is 22.7 Å². The molecule has 0 aromatic carbocycles. The van der Waals surface area contributed by atoms with Crippen molar-refractivity contribution in [2.24, 2.45) is 7.05 Å². The molecule has 0 aliphatic heterocycles. The molecule has 0 N–H and O–H groups in total. The van der Waals surface area contributed by atoms with Crippen LogP contribution in [0.3, 0.4) is 0 Å². The molecule has 0 atom stereocenters. The summed E-state index contributed by atoms with van der Waals surface area (Å²) in [4.78, 5) is 0.789. The van der Waals surface area contributed by atoms with Crippen LogP contribution in [0.25, 0.3) is 27.1 Å². The molecule has 0 radical (unpaired) electrons. The van der Waals surface area contributed by atoms with Crippen molar-refractivity contribution in [1.29, 1.82) is 0 Å². The van der Waals surface area contributed by atoms with Gasteiger partial charge in [0, 0.05) is 24.2 Å². The van der Waals surface area contributed by atoms with Crippen LogP contribution < -0.4 is 0 Å². The van der Waals surface area contributed by atoms with Crippen molar-refractivity contribution >= 4 is 27.6 Å². The number of thiophene rings is 1. The van der Waals surface area contributed by atoms with Gasteiger partial charge in [-0.2, -0.15) is 26.0 Å². The van der Waals surface area contributed by atoms with E-state index in [1.807, 2.05) is 29.9 Å². The number of rotatable bonds is 2. The van der Waals surface area contributed by atoms with Crippen molar-refractivity contribution in [3.63, 3.8) is 0 Å². The highest BCUT2D eigenvalue weighted by Crippen LogP contribution is 2.28. The predicted octanol–water partition coefficient (Wildman–Crippen LogP) is 2.31. The van der Waals surface area contributed by atoms with E-state index in [-0.39, 0.29) is 0 Å². The monoisotopic (exact) mass is 288 g/mol. The highest BCUT2D eigenvalue weighted by atomic mass is 32.1. The second-order valence-corrected chi connectivity index (χ2v) is 5.71. The Morgan fingerprint density at radius 1 is 1.21 bits per heavy atom. The van der Waals surface area contributed by atoms with E-state index in [9.17, 15) is 0 Å². The standard InChI is InChI=1S/C11H8N6S2/c1-16-8(2-4-12-16)10-15-17-9(7-3-5-18-6-7)13-14-11(17)19-10/h2-6H,1H3. The van der Waals surface area contributed by atoms with E-state index in [2.05, 4.69) is 20.4 Å². The molecule has 19 heavy (non-hydrogen) atoms. The molecule has 0 aliphatic carbocycles. The van der Waals surface area contributed by atoms with E-state index in [1.54, 1.807) is 26.7 Å². The molecule has 0 spiro atoms. The van der Waals surface area contributed by atoms with Crippen LogP contribution in [0, 0.1) is 0 Å². The summed E-state index contributed by atoms with van der Waals surface area (Å²) < 4.78 is 3.59. The molecule has 6 nitrogen and oxygen atoms in total. The van der Waals surface area contributed by atoms with Crippen molar-refractivity contribution < 1.29 is 0 Å². The first-order valence-electron chi connectivity index (χ1n) is 5.56. The number of fused-ring (bicyclic) bond motifs is 1. The third-order valence-corrected chi connectivity index (χ3v) is 4.41. The Hall–Kier alpha value is -2.06. The molecule has 0 saturated heterocycles. The van der Waals surface area contributed by atoms with Gasteiger partial charge in [0.05, 0.1) is 5.69 Å². The van der Waals surface area contributed by atoms with Crippen LogP contribution in [0.5, 0.6) is 0 Å². The summed E-state index contributed by atoms with van der Waals surface area (Å²) in [5, 5.41) is 22.1. The topological polar surface area (TPSA) is 60.9 Å². The average molecular weight is 288 g/mol. The fourth-order valence-corrected chi connectivity index (χ4v) is 3.41. The Morgan fingerprint density at radius 2 is 2.16 bits per heavy atom. The SMILES string of the molecule is Cn1nccc1-c1nn2c(-c3ccsc3)nnc2s1. The van der Waals surface area contributed by atoms with Crippen molar-refractivity contribution in [3.8, 4) is 22.1 Å². The molecule has 0 bridgehead atoms. The predicted molar refractivity (Wildman–Crippen MR) is 74.2 cm³/mol. The number of aromatic nitrogens is 6. The lowest BCUT2D eigenvalue weighted by Crippen LogP contribution is -1.94. The number of nitrogens with zero attached hydrogens (tertiary/aromatic N) is 6. The smallest absolute Gasteiger partial charge is 0.235 e. The van der Waals surface area contributed by atoms with E-state index < -0.39 is 0 Å². The Kier molecular flexibility index (Phi) is 2.26. The van der Waals surface area contributed by atoms with Gasteiger partial charge in [-0.15, -0.1) is 10.2 Å². The molecule has 0 fully saturated rings. The Balaban J connectivity index is 1.92. The summed E-state index contributed by atoms with van der Waals surface area (Å²) in [7, 11) is 1.90. The lowest BCUT2D eigenvalue weighted by atomic mass is 10.3. The summed E-state index contributed by atoms with van der Waals surface area (Å²) in [6.07, 6.45) is 1.76. The molecule has 4 aromatic heterocycles. The number of hydrogen-bond donors (Lipinski definition) is 0. The van der Waals surface area contributed by atoms with Gasteiger partial charge in [0.1, 0.15) is 0 Å². The summed E-state index contributed by atoms with van der Waals surface area (Å²) in [5.41, 5.74) is 2.02. The van der Waals surface area contributed by atoms with Gasteiger partial charge in [-0.05, 0) is 17.5 Å². The van der Waals surface area contributed by atoms with Gasteiger partial charge in [-0.3, -0.25) is 4.68 Å². The first kappa shape index (κ1) is 10.8. The molecular formula is C11H8N6S2. The maximum Gasteiger partial charge on any atom is 0.235 e. The fraction of sp³-hybridized carbons (Fsp3) is 0.0909. The molecule has 4 heterocycles. The zero-order valence-electron chi connectivity index (χ0n) is 9.89. The normalized spacial score (nSPS) is 11.4. The number of hydrogen-bond acceptors (Lipinski definition) is 6. The van der Waals surface area contributed by atoms with Crippen LogP contribution in [0.4, 0.5) is 0 Å². The Morgan fingerprint density at radius 3 is 2.89 bits per heavy atom. The first-order chi connectivity index (χ1) is 9.33. The summed E-state index contributed by atoms with van der Waals surface area (Å²) in [6.45, 7) is 0. The first-order valence-corrected chi connectivity index (χ1v) is 7.32. The molecule has 0 aliphatic rings. The molecule has 4 rings (SSSR count). The Labute approximate surface area is 116 Å². The van der Waals surface area contributed by atoms with Crippen LogP contribution in [-0.2, 0) is 7.05 Å². The van der Waals surface area contributed by atoms with Crippen LogP contribution in [-0.4, -0.2) is 29.6 Å². The molecule has 94 valence electrons.